The van der Waals surface area contributed by atoms with Crippen LogP contribution in [0.15, 0.2) is 24.3 Å². The van der Waals surface area contributed by atoms with Gasteiger partial charge in [-0.15, -0.1) is 5.46 Å². The van der Waals surface area contributed by atoms with Crippen molar-refractivity contribution in [1.82, 2.24) is 4.90 Å². The molecule has 0 spiro atoms. The van der Waals surface area contributed by atoms with E-state index in [9.17, 15) is 28.0 Å². The van der Waals surface area contributed by atoms with Crippen LogP contribution < -0.4 is 10.2 Å². The van der Waals surface area contributed by atoms with Gasteiger partial charge in [-0.25, -0.2) is 0 Å². The minimum atomic E-state index is -5.01. The first kappa shape index (κ1) is 32.2. The minimum absolute atomic E-state index is 0.0999. The third-order valence-corrected chi connectivity index (χ3v) is 13.6. The second-order valence-corrected chi connectivity index (χ2v) is 15.8. The zero-order chi connectivity index (χ0) is 31.4. The number of carbonyl (C=O) groups is 1. The smallest absolute Gasteiger partial charge is 0.490 e. The number of carbonyl (C=O) groups excluding carboxylic acids is 1. The van der Waals surface area contributed by atoms with E-state index in [-0.39, 0.29) is 35.0 Å². The van der Waals surface area contributed by atoms with Crippen LogP contribution in [0.4, 0.5) is 12.9 Å². The summed E-state index contributed by atoms with van der Waals surface area (Å²) in [5, 5.41) is 21.9. The fraction of sp³-hybridized carbons (Fsp3) is 0.800. The van der Waals surface area contributed by atoms with Crippen LogP contribution in [0, 0.1) is 46.3 Å². The molecule has 4 aliphatic carbocycles. The maximum absolute atomic E-state index is 13.2. The van der Waals surface area contributed by atoms with Gasteiger partial charge in [0.1, 0.15) is 11.9 Å². The first-order chi connectivity index (χ1) is 20.8. The number of ether oxygens (including phenoxy) is 1. The van der Waals surface area contributed by atoms with Gasteiger partial charge in [0.05, 0.1) is 12.2 Å². The molecule has 1 unspecified atom stereocenters. The summed E-state index contributed by atoms with van der Waals surface area (Å²) in [5.41, 5.74) is -0.184. The molecule has 1 heterocycles. The molecule has 5 nitrogen and oxygen atoms in total. The summed E-state index contributed by atoms with van der Waals surface area (Å²) in [5.74, 6) is 3.51. The molecule has 246 valence electrons. The summed E-state index contributed by atoms with van der Waals surface area (Å²) in [4.78, 5) is 15.2. The Bertz CT molecular complexity index is 1170. The van der Waals surface area contributed by atoms with Crippen molar-refractivity contribution in [2.45, 2.75) is 116 Å². The van der Waals surface area contributed by atoms with Crippen LogP contribution in [0.3, 0.4) is 0 Å². The van der Waals surface area contributed by atoms with Crippen molar-refractivity contribution < 1.29 is 32.7 Å². The summed E-state index contributed by atoms with van der Waals surface area (Å²) >= 11 is 0. The number of rotatable bonds is 7. The van der Waals surface area contributed by atoms with E-state index < -0.39 is 12.4 Å². The molecule has 1 aromatic carbocycles. The molecule has 10 atom stereocenters. The average Bonchev–Trinajstić information content (AvgIpc) is 3.34. The number of fused-ring (bicyclic) bond motifs is 5. The van der Waals surface area contributed by atoms with Crippen molar-refractivity contribution in [3.63, 3.8) is 0 Å². The molecule has 5 aliphatic rings. The summed E-state index contributed by atoms with van der Waals surface area (Å²) < 4.78 is 44.7. The molecule has 2 N–H and O–H groups in total. The van der Waals surface area contributed by atoms with Crippen molar-refractivity contribution >= 4 is 18.3 Å². The molecule has 5 fully saturated rings. The Balaban J connectivity index is 0.996. The van der Waals surface area contributed by atoms with E-state index in [1.807, 2.05) is 4.90 Å². The number of nitrogens with zero attached hydrogens (tertiary/aromatic N) is 1. The van der Waals surface area contributed by atoms with Crippen molar-refractivity contribution in [1.29, 1.82) is 0 Å². The number of aliphatic hydroxyl groups excluding tert-OH is 2. The molecule has 1 aliphatic heterocycles. The van der Waals surface area contributed by atoms with Gasteiger partial charge in [-0.2, -0.15) is 0 Å². The van der Waals surface area contributed by atoms with E-state index in [1.165, 1.54) is 37.8 Å². The highest BCUT2D eigenvalue weighted by molar-refractivity contribution is 6.73. The van der Waals surface area contributed by atoms with Crippen LogP contribution in [0.2, 0.25) is 0 Å². The molecule has 9 heteroatoms. The highest BCUT2D eigenvalue weighted by Gasteiger charge is 2.62. The maximum atomic E-state index is 13.2. The molecular weight excluding hydrogens is 566 g/mol. The van der Waals surface area contributed by atoms with E-state index in [0.717, 1.165) is 44.2 Å². The van der Waals surface area contributed by atoms with Gasteiger partial charge in [-0.1, -0.05) is 32.9 Å². The first-order valence-electron chi connectivity index (χ1n) is 17.4. The maximum Gasteiger partial charge on any atom is 0.509 e. The second kappa shape index (κ2) is 12.1. The van der Waals surface area contributed by atoms with Gasteiger partial charge < -0.3 is 32.8 Å². The highest BCUT2D eigenvalue weighted by Crippen LogP contribution is 2.68. The van der Waals surface area contributed by atoms with Crippen LogP contribution >= 0.6 is 0 Å². The number of likely N-dealkylation sites (tertiary alicyclic amines) is 1. The number of halogens is 3. The predicted molar refractivity (Wildman–Crippen MR) is 166 cm³/mol. The van der Waals surface area contributed by atoms with Gasteiger partial charge in [-0.05, 0) is 116 Å². The van der Waals surface area contributed by atoms with E-state index in [0.29, 0.717) is 73.6 Å². The third kappa shape index (κ3) is 5.94. The molecule has 0 bridgehead atoms. The fourth-order valence-corrected chi connectivity index (χ4v) is 11.1. The molecular formula is C35H52BF3NO4-. The van der Waals surface area contributed by atoms with Gasteiger partial charge in [0.25, 0.3) is 0 Å². The standard InChI is InChI=1S/C35H52BF3NO4/c1-22(4-11-32(43)40-18-14-27(15-19-40)44-26-7-5-24(6-8-26)36(37,38)39)28-9-10-29-33-30(13-17-35(28,29)3)34(2)16-12-25(41)20-23(34)21-31(33)42/h5-8,22-23,25,27-31,33,41-42H,4,9-21H2,1-3H3/q-1/t22-,23+,25-,28-,29+,30+,31+,33?,34+,35-/m1/s1. The Hall–Kier alpha value is -1.74. The molecule has 0 radical (unpaired) electrons. The lowest BCUT2D eigenvalue weighted by molar-refractivity contribution is -0.174. The average molecular weight is 619 g/mol. The molecule has 0 aromatic heterocycles. The number of piperidine rings is 1. The second-order valence-electron chi connectivity index (χ2n) is 15.8. The third-order valence-electron chi connectivity index (χ3n) is 13.6. The van der Waals surface area contributed by atoms with Gasteiger partial charge in [-0.3, -0.25) is 4.79 Å². The van der Waals surface area contributed by atoms with Crippen LogP contribution in [-0.2, 0) is 4.79 Å². The Morgan fingerprint density at radius 3 is 2.30 bits per heavy atom. The van der Waals surface area contributed by atoms with Crippen molar-refractivity contribution in [3.05, 3.63) is 24.3 Å². The number of hydrogen-bond acceptors (Lipinski definition) is 4. The molecule has 1 saturated heterocycles. The van der Waals surface area contributed by atoms with Gasteiger partial charge in [0.15, 0.2) is 0 Å². The fourth-order valence-electron chi connectivity index (χ4n) is 11.1. The number of amides is 1. The van der Waals surface area contributed by atoms with Crippen LogP contribution in [-0.4, -0.2) is 59.4 Å². The van der Waals surface area contributed by atoms with Crippen LogP contribution in [0.25, 0.3) is 0 Å². The van der Waals surface area contributed by atoms with E-state index in [1.54, 1.807) is 0 Å². The highest BCUT2D eigenvalue weighted by atomic mass is 19.4. The van der Waals surface area contributed by atoms with E-state index >= 15 is 0 Å². The Morgan fingerprint density at radius 1 is 0.955 bits per heavy atom. The SMILES string of the molecule is C[C@H](CCC(=O)N1CCC(Oc2ccc([B-](F)(F)F)cc2)CC1)[C@H]1CC[C@H]2C3[C@@H](O)C[C@@H]4C[C@H](O)CC[C@]4(C)[C@H]3CC[C@]12C. The lowest BCUT2D eigenvalue weighted by atomic mass is 9.43. The number of benzene rings is 1. The van der Waals surface area contributed by atoms with Crippen molar-refractivity contribution in [3.8, 4) is 5.75 Å². The molecule has 4 saturated carbocycles. The topological polar surface area (TPSA) is 70.0 Å². The summed E-state index contributed by atoms with van der Waals surface area (Å²) in [7, 11) is 0. The molecule has 1 amide bonds. The summed E-state index contributed by atoms with van der Waals surface area (Å²) in [6.07, 6.45) is 10.6. The normalized spacial score (nSPS) is 40.1. The molecule has 1 aromatic rings. The van der Waals surface area contributed by atoms with Crippen LogP contribution in [0.1, 0.15) is 97.8 Å². The Labute approximate surface area is 261 Å². The Morgan fingerprint density at radius 2 is 1.61 bits per heavy atom. The van der Waals surface area contributed by atoms with Gasteiger partial charge in [0, 0.05) is 32.4 Å². The van der Waals surface area contributed by atoms with E-state index in [4.69, 9.17) is 4.74 Å². The zero-order valence-electron chi connectivity index (χ0n) is 26.8. The largest absolute Gasteiger partial charge is 0.509 e. The Kier molecular flexibility index (Phi) is 8.88. The molecule has 44 heavy (non-hydrogen) atoms. The number of hydrogen-bond donors (Lipinski definition) is 2. The monoisotopic (exact) mass is 618 g/mol. The quantitative estimate of drug-likeness (QED) is 0.342. The van der Waals surface area contributed by atoms with Crippen molar-refractivity contribution in [2.75, 3.05) is 13.1 Å². The predicted octanol–water partition coefficient (Wildman–Crippen LogP) is 6.52. The first-order valence-corrected chi connectivity index (χ1v) is 17.4. The minimum Gasteiger partial charge on any atom is -0.490 e. The van der Waals surface area contributed by atoms with Gasteiger partial charge in [0.2, 0.25) is 5.91 Å². The van der Waals surface area contributed by atoms with E-state index in [2.05, 4.69) is 20.8 Å². The van der Waals surface area contributed by atoms with Crippen molar-refractivity contribution in [2.24, 2.45) is 46.3 Å². The summed E-state index contributed by atoms with van der Waals surface area (Å²) in [6, 6.07) is 4.92. The summed E-state index contributed by atoms with van der Waals surface area (Å²) in [6.45, 7) is 3.49. The molecule has 6 rings (SSSR count). The van der Waals surface area contributed by atoms with Gasteiger partial charge >= 0.3 is 6.98 Å². The zero-order valence-corrected chi connectivity index (χ0v) is 26.8. The number of aliphatic hydroxyl groups is 2. The van der Waals surface area contributed by atoms with Crippen LogP contribution in [0.5, 0.6) is 5.75 Å². The lowest BCUT2D eigenvalue weighted by Crippen LogP contribution is -2.58. The lowest BCUT2D eigenvalue weighted by Gasteiger charge is -2.62.